The molecule has 2 aliphatic heterocycles. The Bertz CT molecular complexity index is 1210. The van der Waals surface area contributed by atoms with Gasteiger partial charge in [-0.2, -0.15) is 0 Å². The highest BCUT2D eigenvalue weighted by molar-refractivity contribution is 5.85. The van der Waals surface area contributed by atoms with Crippen molar-refractivity contribution in [3.63, 3.8) is 0 Å². The second-order valence-electron chi connectivity index (χ2n) is 8.88. The maximum Gasteiger partial charge on any atom is 0.222 e. The van der Waals surface area contributed by atoms with E-state index in [1.165, 1.54) is 0 Å². The van der Waals surface area contributed by atoms with Crippen LogP contribution < -0.4 is 11.1 Å². The topological polar surface area (TPSA) is 122 Å². The van der Waals surface area contributed by atoms with E-state index in [4.69, 9.17) is 15.7 Å². The number of anilines is 2. The Balaban J connectivity index is 1.38. The third kappa shape index (κ3) is 4.66. The number of imidazole rings is 1. The molecule has 0 unspecified atom stereocenters. The smallest absolute Gasteiger partial charge is 0.222 e. The summed E-state index contributed by atoms with van der Waals surface area (Å²) < 4.78 is 1.98. The zero-order valence-corrected chi connectivity index (χ0v) is 19.2. The average molecular weight is 463 g/mol. The third-order valence-electron chi connectivity index (χ3n) is 6.46. The van der Waals surface area contributed by atoms with E-state index < -0.39 is 0 Å². The Morgan fingerprint density at radius 2 is 1.74 bits per heavy atom. The van der Waals surface area contributed by atoms with Crippen molar-refractivity contribution >= 4 is 34.5 Å². The lowest BCUT2D eigenvalue weighted by Crippen LogP contribution is -2.28. The highest BCUT2D eigenvalue weighted by Crippen LogP contribution is 2.25. The van der Waals surface area contributed by atoms with Gasteiger partial charge in [0.2, 0.25) is 11.8 Å². The van der Waals surface area contributed by atoms with Crippen LogP contribution in [0.2, 0.25) is 0 Å². The number of nitrogens with two attached hydrogens (primary N) is 1. The first-order valence-electron chi connectivity index (χ1n) is 12.0. The van der Waals surface area contributed by atoms with E-state index in [1.807, 2.05) is 38.6 Å². The number of nitrogen functional groups attached to an aromatic ring is 1. The molecule has 3 N–H and O–H groups in total. The summed E-state index contributed by atoms with van der Waals surface area (Å²) in [6.45, 7) is 4.31. The van der Waals surface area contributed by atoms with Crippen LogP contribution in [0.3, 0.4) is 0 Å². The van der Waals surface area contributed by atoms with E-state index in [-0.39, 0.29) is 11.8 Å². The molecule has 2 amide bonds. The number of nitrogens with one attached hydrogen (secondary N) is 1. The van der Waals surface area contributed by atoms with Crippen LogP contribution >= 0.6 is 0 Å². The highest BCUT2D eigenvalue weighted by Gasteiger charge is 2.21. The van der Waals surface area contributed by atoms with Crippen LogP contribution in [-0.2, 0) is 16.1 Å². The van der Waals surface area contributed by atoms with Crippen molar-refractivity contribution in [3.8, 4) is 11.4 Å². The zero-order chi connectivity index (χ0) is 23.5. The van der Waals surface area contributed by atoms with Gasteiger partial charge >= 0.3 is 0 Å². The minimum absolute atomic E-state index is 0.207. The largest absolute Gasteiger partial charge is 0.399 e. The number of hydrogen-bond acceptors (Lipinski definition) is 7. The highest BCUT2D eigenvalue weighted by atomic mass is 16.2. The van der Waals surface area contributed by atoms with Gasteiger partial charge in [-0.25, -0.2) is 15.0 Å². The van der Waals surface area contributed by atoms with Crippen LogP contribution in [0.25, 0.3) is 22.6 Å². The third-order valence-corrected chi connectivity index (χ3v) is 6.46. The summed E-state index contributed by atoms with van der Waals surface area (Å²) in [5.41, 5.74) is 8.88. The molecular formula is C24H30N8O2. The standard InChI is InChI=1S/C24H30N8O2/c25-18-6-1-5-17(15-18)22-28-23(26-9-4-12-30-10-2-7-19(30)33)21-24(29-22)32(16-27-21)14-13-31-11-3-8-20(31)34/h1,5-6,15-16H,2-4,7-14,25H2,(H,26,28,29). The first-order valence-corrected chi connectivity index (χ1v) is 12.0. The van der Waals surface area contributed by atoms with Gasteiger partial charge in [-0.3, -0.25) is 9.59 Å². The molecule has 3 aromatic rings. The number of hydrogen-bond donors (Lipinski definition) is 2. The summed E-state index contributed by atoms with van der Waals surface area (Å²) in [5, 5.41) is 3.41. The molecule has 0 saturated carbocycles. The Kier molecular flexibility index (Phi) is 6.29. The summed E-state index contributed by atoms with van der Waals surface area (Å²) >= 11 is 0. The molecule has 178 valence electrons. The van der Waals surface area contributed by atoms with Crippen molar-refractivity contribution in [3.05, 3.63) is 30.6 Å². The van der Waals surface area contributed by atoms with E-state index >= 15 is 0 Å². The Labute approximate surface area is 198 Å². The molecule has 0 atom stereocenters. The molecule has 0 radical (unpaired) electrons. The Morgan fingerprint density at radius 1 is 0.971 bits per heavy atom. The van der Waals surface area contributed by atoms with Crippen LogP contribution in [0.1, 0.15) is 32.1 Å². The molecule has 4 heterocycles. The molecule has 2 aliphatic rings. The number of rotatable bonds is 9. The fourth-order valence-corrected chi connectivity index (χ4v) is 4.62. The number of benzene rings is 1. The minimum Gasteiger partial charge on any atom is -0.399 e. The number of nitrogens with zero attached hydrogens (tertiary/aromatic N) is 6. The molecule has 2 saturated heterocycles. The Hall–Kier alpha value is -3.69. The van der Waals surface area contributed by atoms with Crippen LogP contribution in [-0.4, -0.2) is 73.9 Å². The van der Waals surface area contributed by atoms with Gasteiger partial charge in [0.15, 0.2) is 17.3 Å². The van der Waals surface area contributed by atoms with Crippen LogP contribution in [0.15, 0.2) is 30.6 Å². The molecular weight excluding hydrogens is 432 g/mol. The summed E-state index contributed by atoms with van der Waals surface area (Å²) in [6.07, 6.45) is 5.73. The van der Waals surface area contributed by atoms with Gasteiger partial charge in [-0.05, 0) is 31.4 Å². The molecule has 2 fully saturated rings. The van der Waals surface area contributed by atoms with Gasteiger partial charge in [0.1, 0.15) is 5.52 Å². The lowest BCUT2D eigenvalue weighted by atomic mass is 10.2. The predicted octanol–water partition coefficient (Wildman–Crippen LogP) is 2.12. The number of carbonyl (C=O) groups is 2. The van der Waals surface area contributed by atoms with Gasteiger partial charge in [0.05, 0.1) is 6.33 Å². The van der Waals surface area contributed by atoms with E-state index in [9.17, 15) is 9.59 Å². The second-order valence-corrected chi connectivity index (χ2v) is 8.88. The van der Waals surface area contributed by atoms with Gasteiger partial charge in [0.25, 0.3) is 0 Å². The molecule has 2 aromatic heterocycles. The fourth-order valence-electron chi connectivity index (χ4n) is 4.62. The predicted molar refractivity (Wildman–Crippen MR) is 130 cm³/mol. The van der Waals surface area contributed by atoms with Gasteiger partial charge in [-0.1, -0.05) is 12.1 Å². The first kappa shape index (κ1) is 22.1. The van der Waals surface area contributed by atoms with Crippen LogP contribution in [0.5, 0.6) is 0 Å². The normalized spacial score (nSPS) is 16.2. The van der Waals surface area contributed by atoms with E-state index in [0.29, 0.717) is 55.3 Å². The van der Waals surface area contributed by atoms with E-state index in [0.717, 1.165) is 50.1 Å². The molecule has 0 bridgehead atoms. The summed E-state index contributed by atoms with van der Waals surface area (Å²) in [4.78, 5) is 41.8. The summed E-state index contributed by atoms with van der Waals surface area (Å²) in [5.74, 6) is 1.67. The number of likely N-dealkylation sites (tertiary alicyclic amines) is 2. The quantitative estimate of drug-likeness (QED) is 0.369. The van der Waals surface area contributed by atoms with Crippen molar-refractivity contribution in [2.24, 2.45) is 0 Å². The van der Waals surface area contributed by atoms with E-state index in [1.54, 1.807) is 6.33 Å². The molecule has 0 aliphatic carbocycles. The second kappa shape index (κ2) is 9.66. The number of fused-ring (bicyclic) bond motifs is 1. The molecule has 1 aromatic carbocycles. The molecule has 5 rings (SSSR count). The van der Waals surface area contributed by atoms with Crippen molar-refractivity contribution in [1.29, 1.82) is 0 Å². The van der Waals surface area contributed by atoms with Gasteiger partial charge in [-0.15, -0.1) is 0 Å². The minimum atomic E-state index is 0.207. The van der Waals surface area contributed by atoms with E-state index in [2.05, 4.69) is 10.3 Å². The Morgan fingerprint density at radius 3 is 2.44 bits per heavy atom. The number of amides is 2. The van der Waals surface area contributed by atoms with Crippen LogP contribution in [0, 0.1) is 0 Å². The van der Waals surface area contributed by atoms with Crippen LogP contribution in [0.4, 0.5) is 11.5 Å². The lowest BCUT2D eigenvalue weighted by Gasteiger charge is -2.16. The zero-order valence-electron chi connectivity index (χ0n) is 19.2. The molecule has 10 heteroatoms. The molecule has 10 nitrogen and oxygen atoms in total. The monoisotopic (exact) mass is 462 g/mol. The first-order chi connectivity index (χ1) is 16.6. The summed E-state index contributed by atoms with van der Waals surface area (Å²) in [6, 6.07) is 7.50. The molecule has 34 heavy (non-hydrogen) atoms. The van der Waals surface area contributed by atoms with Crippen molar-refractivity contribution < 1.29 is 9.59 Å². The fraction of sp³-hybridized carbons (Fsp3) is 0.458. The number of carbonyl (C=O) groups excluding carboxylic acids is 2. The van der Waals surface area contributed by atoms with Crippen molar-refractivity contribution in [2.45, 2.75) is 38.6 Å². The maximum absolute atomic E-state index is 12.0. The lowest BCUT2D eigenvalue weighted by molar-refractivity contribution is -0.128. The van der Waals surface area contributed by atoms with Crippen molar-refractivity contribution in [1.82, 2.24) is 29.3 Å². The van der Waals surface area contributed by atoms with Gasteiger partial charge < -0.3 is 25.4 Å². The maximum atomic E-state index is 12.0. The summed E-state index contributed by atoms with van der Waals surface area (Å²) in [7, 11) is 0. The van der Waals surface area contributed by atoms with Gasteiger partial charge in [0, 0.05) is 63.4 Å². The SMILES string of the molecule is Nc1cccc(-c2nc(NCCCN3CCCC3=O)c3ncn(CCN4CCCC4=O)c3n2)c1. The number of aromatic nitrogens is 4. The average Bonchev–Trinajstić information content (AvgIpc) is 3.55. The van der Waals surface area contributed by atoms with Crippen molar-refractivity contribution in [2.75, 3.05) is 43.8 Å². The molecule has 0 spiro atoms.